The van der Waals surface area contributed by atoms with Crippen LogP contribution in [-0.4, -0.2) is 6.03 Å². The number of amides is 2. The summed E-state index contributed by atoms with van der Waals surface area (Å²) in [6.45, 7) is 1.95. The molecule has 0 atom stereocenters. The molecular formula is C8H11ClN2O. The minimum atomic E-state index is -0.532. The molecule has 0 aliphatic rings. The minimum Gasteiger partial charge on any atom is -0.351 e. The van der Waals surface area contributed by atoms with E-state index in [-0.39, 0.29) is 12.4 Å². The molecule has 0 radical (unpaired) electrons. The molecule has 1 aromatic carbocycles. The molecule has 1 rings (SSSR count). The van der Waals surface area contributed by atoms with Gasteiger partial charge in [-0.1, -0.05) is 12.1 Å². The smallest absolute Gasteiger partial charge is 0.316 e. The van der Waals surface area contributed by atoms with E-state index >= 15 is 0 Å². The molecule has 4 heteroatoms. The lowest BCUT2D eigenvalue weighted by molar-refractivity contribution is 0.259. The fourth-order valence-corrected chi connectivity index (χ4v) is 0.865. The maximum absolute atomic E-state index is 10.4. The third-order valence-electron chi connectivity index (χ3n) is 1.29. The first kappa shape index (κ1) is 10.8. The van der Waals surface area contributed by atoms with Gasteiger partial charge in [0.15, 0.2) is 0 Å². The molecule has 3 nitrogen and oxygen atoms in total. The second kappa shape index (κ2) is 4.62. The van der Waals surface area contributed by atoms with Crippen molar-refractivity contribution >= 4 is 24.1 Å². The van der Waals surface area contributed by atoms with Crippen molar-refractivity contribution in [2.45, 2.75) is 6.92 Å². The van der Waals surface area contributed by atoms with E-state index < -0.39 is 6.03 Å². The molecule has 1 aromatic rings. The topological polar surface area (TPSA) is 55.1 Å². The first-order chi connectivity index (χ1) is 5.18. The normalized spacial score (nSPS) is 8.42. The highest BCUT2D eigenvalue weighted by Gasteiger charge is 1.93. The fraction of sp³-hybridized carbons (Fsp3) is 0.125. The molecule has 0 bridgehead atoms. The van der Waals surface area contributed by atoms with E-state index in [1.165, 1.54) is 0 Å². The molecule has 0 aliphatic heterocycles. The van der Waals surface area contributed by atoms with Gasteiger partial charge in [0.05, 0.1) is 0 Å². The molecule has 66 valence electrons. The molecular weight excluding hydrogens is 176 g/mol. The molecule has 2 amide bonds. The number of hydrogen-bond donors (Lipinski definition) is 2. The molecule has 0 unspecified atom stereocenters. The Morgan fingerprint density at radius 1 is 1.50 bits per heavy atom. The van der Waals surface area contributed by atoms with Crippen LogP contribution in [0.1, 0.15) is 5.56 Å². The van der Waals surface area contributed by atoms with E-state index in [0.29, 0.717) is 0 Å². The van der Waals surface area contributed by atoms with E-state index in [1.807, 2.05) is 25.1 Å². The Balaban J connectivity index is 0.00000121. The highest BCUT2D eigenvalue weighted by atomic mass is 35.5. The first-order valence-electron chi connectivity index (χ1n) is 3.31. The second-order valence-electron chi connectivity index (χ2n) is 2.36. The summed E-state index contributed by atoms with van der Waals surface area (Å²) in [5, 5.41) is 2.48. The van der Waals surface area contributed by atoms with Crippen LogP contribution >= 0.6 is 12.4 Å². The molecule has 0 heterocycles. The van der Waals surface area contributed by atoms with E-state index in [4.69, 9.17) is 5.73 Å². The van der Waals surface area contributed by atoms with Gasteiger partial charge < -0.3 is 11.1 Å². The van der Waals surface area contributed by atoms with Crippen LogP contribution in [0.4, 0.5) is 10.5 Å². The molecule has 0 spiro atoms. The molecule has 3 N–H and O–H groups in total. The predicted molar refractivity (Wildman–Crippen MR) is 51.6 cm³/mol. The van der Waals surface area contributed by atoms with Gasteiger partial charge in [-0.2, -0.15) is 0 Å². The lowest BCUT2D eigenvalue weighted by Gasteiger charge is -2.00. The van der Waals surface area contributed by atoms with Crippen molar-refractivity contribution in [1.82, 2.24) is 0 Å². The highest BCUT2D eigenvalue weighted by molar-refractivity contribution is 5.87. The Morgan fingerprint density at radius 2 is 2.17 bits per heavy atom. The highest BCUT2D eigenvalue weighted by Crippen LogP contribution is 2.08. The van der Waals surface area contributed by atoms with Gasteiger partial charge in [0.25, 0.3) is 0 Å². The number of primary amides is 1. The van der Waals surface area contributed by atoms with Gasteiger partial charge in [-0.25, -0.2) is 4.79 Å². The van der Waals surface area contributed by atoms with Crippen LogP contribution in [0.3, 0.4) is 0 Å². The number of halogens is 1. The Morgan fingerprint density at radius 3 is 2.67 bits per heavy atom. The third-order valence-corrected chi connectivity index (χ3v) is 1.29. The van der Waals surface area contributed by atoms with Crippen molar-refractivity contribution in [3.05, 3.63) is 29.8 Å². The number of nitrogens with one attached hydrogen (secondary N) is 1. The second-order valence-corrected chi connectivity index (χ2v) is 2.36. The average molecular weight is 187 g/mol. The predicted octanol–water partition coefficient (Wildman–Crippen LogP) is 1.91. The zero-order chi connectivity index (χ0) is 8.27. The Hall–Kier alpha value is -1.22. The van der Waals surface area contributed by atoms with Crippen molar-refractivity contribution in [2.24, 2.45) is 5.73 Å². The molecule has 0 aromatic heterocycles. The summed E-state index contributed by atoms with van der Waals surface area (Å²) in [4.78, 5) is 10.4. The monoisotopic (exact) mass is 186 g/mol. The summed E-state index contributed by atoms with van der Waals surface area (Å²) < 4.78 is 0. The summed E-state index contributed by atoms with van der Waals surface area (Å²) in [7, 11) is 0. The van der Waals surface area contributed by atoms with Crippen LogP contribution in [0, 0.1) is 6.92 Å². The molecule has 0 saturated carbocycles. The van der Waals surface area contributed by atoms with Crippen molar-refractivity contribution in [2.75, 3.05) is 5.32 Å². The largest absolute Gasteiger partial charge is 0.351 e. The van der Waals surface area contributed by atoms with Gasteiger partial charge >= 0.3 is 6.03 Å². The number of rotatable bonds is 1. The number of carbonyl (C=O) groups excluding carboxylic acids is 1. The Kier molecular flexibility index (Phi) is 4.15. The van der Waals surface area contributed by atoms with Gasteiger partial charge in [-0.05, 0) is 24.6 Å². The SMILES string of the molecule is Cc1cccc(NC(N)=O)c1.Cl. The first-order valence-corrected chi connectivity index (χ1v) is 3.31. The van der Waals surface area contributed by atoms with Gasteiger partial charge in [0.1, 0.15) is 0 Å². The minimum absolute atomic E-state index is 0. The zero-order valence-electron chi connectivity index (χ0n) is 6.70. The number of anilines is 1. The number of nitrogens with two attached hydrogens (primary N) is 1. The molecule has 0 saturated heterocycles. The standard InChI is InChI=1S/C8H10N2O.ClH/c1-6-3-2-4-7(5-6)10-8(9)11;/h2-5H,1H3,(H3,9,10,11);1H. The van der Waals surface area contributed by atoms with Gasteiger partial charge in [0, 0.05) is 5.69 Å². The van der Waals surface area contributed by atoms with E-state index in [1.54, 1.807) is 6.07 Å². The van der Waals surface area contributed by atoms with Crippen LogP contribution < -0.4 is 11.1 Å². The quantitative estimate of drug-likeness (QED) is 0.692. The van der Waals surface area contributed by atoms with Crippen LogP contribution in [-0.2, 0) is 0 Å². The van der Waals surface area contributed by atoms with E-state index in [9.17, 15) is 4.79 Å². The number of urea groups is 1. The lowest BCUT2D eigenvalue weighted by atomic mass is 10.2. The van der Waals surface area contributed by atoms with Crippen molar-refractivity contribution in [3.8, 4) is 0 Å². The van der Waals surface area contributed by atoms with Crippen LogP contribution in [0.25, 0.3) is 0 Å². The number of benzene rings is 1. The number of aryl methyl sites for hydroxylation is 1. The van der Waals surface area contributed by atoms with Crippen molar-refractivity contribution in [3.63, 3.8) is 0 Å². The Labute approximate surface area is 77.4 Å². The van der Waals surface area contributed by atoms with Crippen molar-refractivity contribution < 1.29 is 4.79 Å². The molecule has 12 heavy (non-hydrogen) atoms. The van der Waals surface area contributed by atoms with Crippen LogP contribution in [0.15, 0.2) is 24.3 Å². The number of carbonyl (C=O) groups is 1. The van der Waals surface area contributed by atoms with E-state index in [0.717, 1.165) is 11.3 Å². The molecule has 0 fully saturated rings. The summed E-state index contributed by atoms with van der Waals surface area (Å²) in [5.41, 5.74) is 6.75. The van der Waals surface area contributed by atoms with Gasteiger partial charge in [-0.15, -0.1) is 12.4 Å². The lowest BCUT2D eigenvalue weighted by Crippen LogP contribution is -2.19. The van der Waals surface area contributed by atoms with Crippen LogP contribution in [0.2, 0.25) is 0 Å². The van der Waals surface area contributed by atoms with Gasteiger partial charge in [0.2, 0.25) is 0 Å². The average Bonchev–Trinajstić information content (AvgIpc) is 1.85. The number of hydrogen-bond acceptors (Lipinski definition) is 1. The van der Waals surface area contributed by atoms with Gasteiger partial charge in [-0.3, -0.25) is 0 Å². The van der Waals surface area contributed by atoms with Crippen molar-refractivity contribution in [1.29, 1.82) is 0 Å². The maximum atomic E-state index is 10.4. The maximum Gasteiger partial charge on any atom is 0.316 e. The fourth-order valence-electron chi connectivity index (χ4n) is 0.865. The summed E-state index contributed by atoms with van der Waals surface area (Å²) in [6, 6.07) is 6.92. The van der Waals surface area contributed by atoms with Crippen LogP contribution in [0.5, 0.6) is 0 Å². The third kappa shape index (κ3) is 3.25. The molecule has 0 aliphatic carbocycles. The summed E-state index contributed by atoms with van der Waals surface area (Å²) in [5.74, 6) is 0. The summed E-state index contributed by atoms with van der Waals surface area (Å²) in [6.07, 6.45) is 0. The zero-order valence-corrected chi connectivity index (χ0v) is 7.52. The van der Waals surface area contributed by atoms with E-state index in [2.05, 4.69) is 5.32 Å². The Bertz CT molecular complexity index is 276. The summed E-state index contributed by atoms with van der Waals surface area (Å²) >= 11 is 0.